The number of aryl methyl sites for hydroxylation is 1. The minimum atomic E-state index is -0.558. The maximum absolute atomic E-state index is 9.90. The van der Waals surface area contributed by atoms with Crippen molar-refractivity contribution in [1.82, 2.24) is 10.3 Å². The highest BCUT2D eigenvalue weighted by Crippen LogP contribution is 2.16. The quantitative estimate of drug-likeness (QED) is 0.805. The Morgan fingerprint density at radius 2 is 2.05 bits per heavy atom. The molecular weight excluding hydrogens is 332 g/mol. The lowest BCUT2D eigenvalue weighted by Gasteiger charge is -2.13. The van der Waals surface area contributed by atoms with Crippen molar-refractivity contribution < 1.29 is 9.84 Å². The first-order chi connectivity index (χ1) is 10.1. The minimum Gasteiger partial charge on any atom is -0.491 e. The van der Waals surface area contributed by atoms with Crippen molar-refractivity contribution >= 4 is 15.9 Å². The van der Waals surface area contributed by atoms with Gasteiger partial charge in [0.05, 0.1) is 5.69 Å². The second-order valence-corrected chi connectivity index (χ2v) is 5.73. The summed E-state index contributed by atoms with van der Waals surface area (Å²) in [5.74, 6) is 0.748. The Labute approximate surface area is 133 Å². The maximum atomic E-state index is 9.90. The summed E-state index contributed by atoms with van der Waals surface area (Å²) in [5, 5.41) is 13.1. The Morgan fingerprint density at radius 3 is 2.76 bits per heavy atom. The summed E-state index contributed by atoms with van der Waals surface area (Å²) in [7, 11) is 0. The van der Waals surface area contributed by atoms with Gasteiger partial charge in [-0.2, -0.15) is 0 Å². The molecule has 0 aliphatic rings. The van der Waals surface area contributed by atoms with E-state index >= 15 is 0 Å². The van der Waals surface area contributed by atoms with Crippen LogP contribution >= 0.6 is 15.9 Å². The van der Waals surface area contributed by atoms with E-state index in [9.17, 15) is 5.11 Å². The van der Waals surface area contributed by atoms with Gasteiger partial charge in [-0.05, 0) is 42.8 Å². The number of nitrogens with zero attached hydrogens (tertiary/aromatic N) is 1. The first kappa shape index (κ1) is 15.9. The van der Waals surface area contributed by atoms with Crippen LogP contribution < -0.4 is 10.1 Å². The molecule has 1 unspecified atom stereocenters. The summed E-state index contributed by atoms with van der Waals surface area (Å²) >= 11 is 3.37. The van der Waals surface area contributed by atoms with Crippen LogP contribution in [-0.2, 0) is 6.54 Å². The van der Waals surface area contributed by atoms with Crippen LogP contribution in [-0.4, -0.2) is 29.3 Å². The van der Waals surface area contributed by atoms with Gasteiger partial charge >= 0.3 is 0 Å². The van der Waals surface area contributed by atoms with E-state index in [4.69, 9.17) is 4.74 Å². The van der Waals surface area contributed by atoms with Crippen molar-refractivity contribution in [1.29, 1.82) is 0 Å². The molecule has 4 nitrogen and oxygen atoms in total. The van der Waals surface area contributed by atoms with Crippen molar-refractivity contribution in [2.24, 2.45) is 0 Å². The number of hydrogen-bond donors (Lipinski definition) is 2. The molecule has 2 N–H and O–H groups in total. The van der Waals surface area contributed by atoms with Gasteiger partial charge in [0.25, 0.3) is 0 Å². The third-order valence-electron chi connectivity index (χ3n) is 3.05. The standard InChI is InChI=1S/C16H19BrN2O2/c1-12-3-2-8-19-16(12)10-18-9-14(20)11-21-15-6-4-13(17)5-7-15/h2-8,14,18,20H,9-11H2,1H3. The minimum absolute atomic E-state index is 0.260. The molecule has 0 saturated heterocycles. The molecule has 5 heteroatoms. The van der Waals surface area contributed by atoms with Gasteiger partial charge in [0.15, 0.2) is 0 Å². The van der Waals surface area contributed by atoms with Crippen LogP contribution in [0.2, 0.25) is 0 Å². The maximum Gasteiger partial charge on any atom is 0.119 e. The molecule has 0 fully saturated rings. The molecule has 0 saturated carbocycles. The van der Waals surface area contributed by atoms with Crippen LogP contribution in [0, 0.1) is 6.92 Å². The molecule has 21 heavy (non-hydrogen) atoms. The van der Waals surface area contributed by atoms with Crippen molar-refractivity contribution in [3.8, 4) is 5.75 Å². The number of aliphatic hydroxyl groups excluding tert-OH is 1. The monoisotopic (exact) mass is 350 g/mol. The molecule has 112 valence electrons. The third-order valence-corrected chi connectivity index (χ3v) is 3.57. The molecule has 0 amide bonds. The van der Waals surface area contributed by atoms with Gasteiger partial charge in [-0.1, -0.05) is 22.0 Å². The fourth-order valence-corrected chi connectivity index (χ4v) is 2.11. The number of pyridine rings is 1. The van der Waals surface area contributed by atoms with Gasteiger partial charge in [0.2, 0.25) is 0 Å². The zero-order valence-electron chi connectivity index (χ0n) is 11.9. The largest absolute Gasteiger partial charge is 0.491 e. The predicted molar refractivity (Wildman–Crippen MR) is 86.3 cm³/mol. The summed E-state index contributed by atoms with van der Waals surface area (Å²) in [6, 6.07) is 11.5. The zero-order chi connectivity index (χ0) is 15.1. The third kappa shape index (κ3) is 5.46. The van der Waals surface area contributed by atoms with E-state index in [1.807, 2.05) is 43.3 Å². The number of nitrogens with one attached hydrogen (secondary N) is 1. The second kappa shape index (κ2) is 8.12. The van der Waals surface area contributed by atoms with Crippen molar-refractivity contribution in [3.05, 3.63) is 58.3 Å². The molecular formula is C16H19BrN2O2. The molecule has 0 aliphatic heterocycles. The Morgan fingerprint density at radius 1 is 1.29 bits per heavy atom. The van der Waals surface area contributed by atoms with Gasteiger partial charge in [0, 0.05) is 23.8 Å². The molecule has 1 aromatic carbocycles. The van der Waals surface area contributed by atoms with Crippen LogP contribution in [0.4, 0.5) is 0 Å². The van der Waals surface area contributed by atoms with Crippen LogP contribution in [0.3, 0.4) is 0 Å². The highest BCUT2D eigenvalue weighted by molar-refractivity contribution is 9.10. The molecule has 0 spiro atoms. The van der Waals surface area contributed by atoms with Gasteiger partial charge in [0.1, 0.15) is 18.5 Å². The lowest BCUT2D eigenvalue weighted by atomic mass is 10.2. The number of ether oxygens (including phenoxy) is 1. The number of aliphatic hydroxyl groups is 1. The fraction of sp³-hybridized carbons (Fsp3) is 0.312. The molecule has 1 atom stereocenters. The van der Waals surface area contributed by atoms with Crippen LogP contribution in [0.1, 0.15) is 11.3 Å². The van der Waals surface area contributed by atoms with Crippen LogP contribution in [0.5, 0.6) is 5.75 Å². The topological polar surface area (TPSA) is 54.4 Å². The van der Waals surface area contributed by atoms with Crippen LogP contribution in [0.15, 0.2) is 47.1 Å². The van der Waals surface area contributed by atoms with E-state index in [0.29, 0.717) is 13.1 Å². The SMILES string of the molecule is Cc1cccnc1CNCC(O)COc1ccc(Br)cc1. The molecule has 2 aromatic rings. The lowest BCUT2D eigenvalue weighted by Crippen LogP contribution is -2.31. The fourth-order valence-electron chi connectivity index (χ4n) is 1.84. The average molecular weight is 351 g/mol. The number of aromatic nitrogens is 1. The zero-order valence-corrected chi connectivity index (χ0v) is 13.5. The molecule has 2 rings (SSSR count). The van der Waals surface area contributed by atoms with E-state index in [2.05, 4.69) is 26.2 Å². The van der Waals surface area contributed by atoms with E-state index in [1.165, 1.54) is 0 Å². The Balaban J connectivity index is 1.69. The van der Waals surface area contributed by atoms with Crippen LogP contribution in [0.25, 0.3) is 0 Å². The normalized spacial score (nSPS) is 12.1. The van der Waals surface area contributed by atoms with E-state index < -0.39 is 6.10 Å². The Bertz CT molecular complexity index is 560. The molecule has 1 heterocycles. The first-order valence-corrected chi connectivity index (χ1v) is 7.62. The molecule has 1 aromatic heterocycles. The van der Waals surface area contributed by atoms with Crippen molar-refractivity contribution in [2.75, 3.05) is 13.2 Å². The average Bonchev–Trinajstić information content (AvgIpc) is 2.49. The van der Waals surface area contributed by atoms with Gasteiger partial charge in [-0.25, -0.2) is 0 Å². The van der Waals surface area contributed by atoms with Gasteiger partial charge in [-0.3, -0.25) is 4.98 Å². The highest BCUT2D eigenvalue weighted by atomic mass is 79.9. The number of halogens is 1. The number of benzene rings is 1. The van der Waals surface area contributed by atoms with E-state index in [1.54, 1.807) is 6.20 Å². The summed E-state index contributed by atoms with van der Waals surface area (Å²) in [4.78, 5) is 4.30. The molecule has 0 bridgehead atoms. The smallest absolute Gasteiger partial charge is 0.119 e. The molecule has 0 aliphatic carbocycles. The van der Waals surface area contributed by atoms with Crippen molar-refractivity contribution in [3.63, 3.8) is 0 Å². The molecule has 0 radical (unpaired) electrons. The predicted octanol–water partition coefficient (Wildman–Crippen LogP) is 2.68. The Hall–Kier alpha value is -1.43. The van der Waals surface area contributed by atoms with Gasteiger partial charge in [-0.15, -0.1) is 0 Å². The van der Waals surface area contributed by atoms with E-state index in [0.717, 1.165) is 21.5 Å². The summed E-state index contributed by atoms with van der Waals surface area (Å²) in [6.07, 6.45) is 1.22. The first-order valence-electron chi connectivity index (χ1n) is 6.83. The summed E-state index contributed by atoms with van der Waals surface area (Å²) in [5.41, 5.74) is 2.14. The summed E-state index contributed by atoms with van der Waals surface area (Å²) in [6.45, 7) is 3.39. The second-order valence-electron chi connectivity index (χ2n) is 4.82. The number of rotatable bonds is 7. The number of hydrogen-bond acceptors (Lipinski definition) is 4. The van der Waals surface area contributed by atoms with E-state index in [-0.39, 0.29) is 6.61 Å². The summed E-state index contributed by atoms with van der Waals surface area (Å²) < 4.78 is 6.53. The van der Waals surface area contributed by atoms with Crippen molar-refractivity contribution in [2.45, 2.75) is 19.6 Å². The lowest BCUT2D eigenvalue weighted by molar-refractivity contribution is 0.106. The van der Waals surface area contributed by atoms with Gasteiger partial charge < -0.3 is 15.2 Å². The Kier molecular flexibility index (Phi) is 6.17. The highest BCUT2D eigenvalue weighted by Gasteiger charge is 2.06.